The predicted molar refractivity (Wildman–Crippen MR) is 79.3 cm³/mol. The Balaban J connectivity index is 2.21. The van der Waals surface area contributed by atoms with Crippen LogP contribution in [-0.4, -0.2) is 19.6 Å². The Bertz CT molecular complexity index is 746. The van der Waals surface area contributed by atoms with E-state index >= 15 is 0 Å². The number of hydrogen-bond donors (Lipinski definition) is 1. The van der Waals surface area contributed by atoms with Crippen molar-refractivity contribution in [1.82, 2.24) is 14.5 Å². The van der Waals surface area contributed by atoms with Crippen LogP contribution in [0, 0.1) is 0 Å². The highest BCUT2D eigenvalue weighted by atomic mass is 16.3. The fraction of sp³-hybridized carbons (Fsp3) is 0.250. The quantitative estimate of drug-likeness (QED) is 0.793. The summed E-state index contributed by atoms with van der Waals surface area (Å²) in [4.78, 5) is 9.19. The number of aliphatic hydroxyl groups excluding tert-OH is 1. The van der Waals surface area contributed by atoms with Crippen molar-refractivity contribution in [3.05, 3.63) is 48.2 Å². The van der Waals surface area contributed by atoms with Gasteiger partial charge in [-0.2, -0.15) is 0 Å². The fourth-order valence-corrected chi connectivity index (χ4v) is 2.40. The number of aliphatic hydroxyl groups is 1. The van der Waals surface area contributed by atoms with Crippen LogP contribution in [0.2, 0.25) is 0 Å². The lowest BCUT2D eigenvalue weighted by atomic mass is 10.2. The van der Waals surface area contributed by atoms with E-state index in [9.17, 15) is 5.11 Å². The van der Waals surface area contributed by atoms with Crippen LogP contribution in [0.4, 0.5) is 0 Å². The van der Waals surface area contributed by atoms with Gasteiger partial charge in [0.2, 0.25) is 0 Å². The Labute approximate surface area is 117 Å². The summed E-state index contributed by atoms with van der Waals surface area (Å²) < 4.78 is 2.14. The van der Waals surface area contributed by atoms with E-state index in [2.05, 4.69) is 27.5 Å². The molecule has 0 radical (unpaired) electrons. The van der Waals surface area contributed by atoms with E-state index in [-0.39, 0.29) is 0 Å². The molecule has 0 spiro atoms. The summed E-state index contributed by atoms with van der Waals surface area (Å²) in [6.45, 7) is 4.64. The molecule has 0 saturated heterocycles. The van der Waals surface area contributed by atoms with Crippen LogP contribution in [0.1, 0.15) is 25.6 Å². The number of fused-ring (bicyclic) bond motifs is 1. The Morgan fingerprint density at radius 2 is 1.90 bits per heavy atom. The molecule has 1 N–H and O–H groups in total. The maximum absolute atomic E-state index is 9.67. The monoisotopic (exact) mass is 267 g/mol. The van der Waals surface area contributed by atoms with Gasteiger partial charge >= 0.3 is 0 Å². The highest BCUT2D eigenvalue weighted by molar-refractivity contribution is 5.79. The number of benzene rings is 1. The molecule has 0 aliphatic heterocycles. The summed E-state index contributed by atoms with van der Waals surface area (Å²) >= 11 is 0. The second-order valence-electron chi connectivity index (χ2n) is 4.79. The standard InChI is InChI=1S/C16H17N3O/c1-3-19-15-10-5-4-7-13(15)18-16(19)14-9-6-8-12(17-14)11(2)20/h4-11,20H,3H2,1-2H3/t11-/m0/s1. The molecule has 0 amide bonds. The number of aryl methyl sites for hydroxylation is 1. The van der Waals surface area contributed by atoms with Gasteiger partial charge in [-0.05, 0) is 38.1 Å². The van der Waals surface area contributed by atoms with Crippen LogP contribution in [0.5, 0.6) is 0 Å². The summed E-state index contributed by atoms with van der Waals surface area (Å²) in [6.07, 6.45) is -0.575. The van der Waals surface area contributed by atoms with Crippen LogP contribution in [-0.2, 0) is 6.54 Å². The topological polar surface area (TPSA) is 50.9 Å². The minimum absolute atomic E-state index is 0.575. The zero-order chi connectivity index (χ0) is 14.1. The minimum atomic E-state index is -0.575. The van der Waals surface area contributed by atoms with Crippen molar-refractivity contribution < 1.29 is 5.11 Å². The lowest BCUT2D eigenvalue weighted by molar-refractivity contribution is 0.194. The van der Waals surface area contributed by atoms with Crippen LogP contribution in [0.3, 0.4) is 0 Å². The number of nitrogens with zero attached hydrogens (tertiary/aromatic N) is 3. The Morgan fingerprint density at radius 1 is 1.10 bits per heavy atom. The number of imidazole rings is 1. The summed E-state index contributed by atoms with van der Waals surface area (Å²) in [5.74, 6) is 0.844. The molecular formula is C16H17N3O. The average molecular weight is 267 g/mol. The fourth-order valence-electron chi connectivity index (χ4n) is 2.40. The third kappa shape index (κ3) is 2.08. The largest absolute Gasteiger partial charge is 0.387 e. The van der Waals surface area contributed by atoms with Crippen LogP contribution in [0.15, 0.2) is 42.5 Å². The first-order valence-corrected chi connectivity index (χ1v) is 6.81. The Hall–Kier alpha value is -2.20. The third-order valence-corrected chi connectivity index (χ3v) is 3.40. The van der Waals surface area contributed by atoms with Crippen LogP contribution < -0.4 is 0 Å². The van der Waals surface area contributed by atoms with Gasteiger partial charge in [-0.3, -0.25) is 0 Å². The van der Waals surface area contributed by atoms with E-state index in [0.717, 1.165) is 29.1 Å². The molecule has 102 valence electrons. The molecule has 0 aliphatic carbocycles. The van der Waals surface area contributed by atoms with Gasteiger partial charge in [0, 0.05) is 6.54 Å². The number of rotatable bonds is 3. The van der Waals surface area contributed by atoms with Crippen LogP contribution >= 0.6 is 0 Å². The minimum Gasteiger partial charge on any atom is -0.387 e. The average Bonchev–Trinajstić information content (AvgIpc) is 2.86. The van der Waals surface area contributed by atoms with Gasteiger partial charge in [-0.15, -0.1) is 0 Å². The van der Waals surface area contributed by atoms with Crippen LogP contribution in [0.25, 0.3) is 22.6 Å². The van der Waals surface area contributed by atoms with Gasteiger partial charge in [-0.25, -0.2) is 9.97 Å². The molecule has 0 aliphatic rings. The third-order valence-electron chi connectivity index (χ3n) is 3.40. The number of para-hydroxylation sites is 2. The first-order valence-electron chi connectivity index (χ1n) is 6.81. The Morgan fingerprint density at radius 3 is 2.65 bits per heavy atom. The number of hydrogen-bond acceptors (Lipinski definition) is 3. The molecule has 3 aromatic rings. The van der Waals surface area contributed by atoms with Gasteiger partial charge in [0.05, 0.1) is 22.8 Å². The van der Waals surface area contributed by atoms with Crippen molar-refractivity contribution in [2.45, 2.75) is 26.5 Å². The number of pyridine rings is 1. The molecule has 4 nitrogen and oxygen atoms in total. The highest BCUT2D eigenvalue weighted by Crippen LogP contribution is 2.24. The lowest BCUT2D eigenvalue weighted by Crippen LogP contribution is -2.01. The molecule has 20 heavy (non-hydrogen) atoms. The zero-order valence-corrected chi connectivity index (χ0v) is 11.6. The SMILES string of the molecule is CCn1c(-c2cccc([C@H](C)O)n2)nc2ccccc21. The Kier molecular flexibility index (Phi) is 3.24. The van der Waals surface area contributed by atoms with Crippen molar-refractivity contribution in [3.63, 3.8) is 0 Å². The molecule has 2 aromatic heterocycles. The molecule has 1 aromatic carbocycles. The number of aromatic nitrogens is 3. The second kappa shape index (κ2) is 5.06. The molecule has 1 atom stereocenters. The lowest BCUT2D eigenvalue weighted by Gasteiger charge is -2.08. The molecule has 0 unspecified atom stereocenters. The smallest absolute Gasteiger partial charge is 0.159 e. The predicted octanol–water partition coefficient (Wildman–Crippen LogP) is 3.17. The first kappa shape index (κ1) is 12.8. The summed E-state index contributed by atoms with van der Waals surface area (Å²) in [5.41, 5.74) is 3.53. The van der Waals surface area contributed by atoms with Crippen molar-refractivity contribution in [2.24, 2.45) is 0 Å². The molecule has 0 bridgehead atoms. The normalized spacial score (nSPS) is 12.8. The molecule has 0 saturated carbocycles. The molecule has 3 rings (SSSR count). The summed E-state index contributed by atoms with van der Waals surface area (Å²) in [7, 11) is 0. The van der Waals surface area contributed by atoms with Gasteiger partial charge in [0.1, 0.15) is 5.69 Å². The zero-order valence-electron chi connectivity index (χ0n) is 11.6. The summed E-state index contributed by atoms with van der Waals surface area (Å²) in [6, 6.07) is 13.7. The van der Waals surface area contributed by atoms with Gasteiger partial charge in [-0.1, -0.05) is 18.2 Å². The molecule has 4 heteroatoms. The maximum atomic E-state index is 9.67. The molecule has 0 fully saturated rings. The summed E-state index contributed by atoms with van der Waals surface area (Å²) in [5, 5.41) is 9.67. The van der Waals surface area contributed by atoms with Gasteiger partial charge in [0.25, 0.3) is 0 Å². The molecular weight excluding hydrogens is 250 g/mol. The van der Waals surface area contributed by atoms with E-state index in [1.54, 1.807) is 6.92 Å². The molecule has 2 heterocycles. The van der Waals surface area contributed by atoms with E-state index in [0.29, 0.717) is 5.69 Å². The van der Waals surface area contributed by atoms with E-state index in [4.69, 9.17) is 0 Å². The van der Waals surface area contributed by atoms with E-state index in [1.165, 1.54) is 0 Å². The first-order chi connectivity index (χ1) is 9.70. The van der Waals surface area contributed by atoms with Crippen molar-refractivity contribution in [2.75, 3.05) is 0 Å². The van der Waals surface area contributed by atoms with Crippen molar-refractivity contribution in [3.8, 4) is 11.5 Å². The van der Waals surface area contributed by atoms with Crippen molar-refractivity contribution in [1.29, 1.82) is 0 Å². The van der Waals surface area contributed by atoms with Crippen molar-refractivity contribution >= 4 is 11.0 Å². The maximum Gasteiger partial charge on any atom is 0.159 e. The van der Waals surface area contributed by atoms with E-state index in [1.807, 2.05) is 36.4 Å². The van der Waals surface area contributed by atoms with E-state index < -0.39 is 6.10 Å². The highest BCUT2D eigenvalue weighted by Gasteiger charge is 2.13. The van der Waals surface area contributed by atoms with Gasteiger partial charge in [0.15, 0.2) is 5.82 Å². The second-order valence-corrected chi connectivity index (χ2v) is 4.79. The van der Waals surface area contributed by atoms with Gasteiger partial charge < -0.3 is 9.67 Å².